The highest BCUT2D eigenvalue weighted by Crippen LogP contribution is 2.27. The minimum atomic E-state index is -0.315. The number of hydrogen-bond acceptors (Lipinski definition) is 3. The lowest BCUT2D eigenvalue weighted by molar-refractivity contribution is 0.102. The molecule has 20 heavy (non-hydrogen) atoms. The molecule has 6 heteroatoms. The number of fused-ring (bicyclic) bond motifs is 1. The van der Waals surface area contributed by atoms with E-state index in [1.807, 2.05) is 6.07 Å². The molecule has 0 fully saturated rings. The summed E-state index contributed by atoms with van der Waals surface area (Å²) >= 11 is 4.57. The van der Waals surface area contributed by atoms with Crippen molar-refractivity contribution in [1.29, 1.82) is 0 Å². The molecule has 3 nitrogen and oxygen atoms in total. The molecule has 0 atom stereocenters. The molecule has 1 N–H and O–H groups in total. The summed E-state index contributed by atoms with van der Waals surface area (Å²) in [6.45, 7) is 0. The van der Waals surface area contributed by atoms with Crippen molar-refractivity contribution in [1.82, 2.24) is 4.98 Å². The molecule has 0 saturated heterocycles. The topological polar surface area (TPSA) is 42.0 Å². The summed E-state index contributed by atoms with van der Waals surface area (Å²) in [5.41, 5.74) is 1.19. The zero-order valence-corrected chi connectivity index (χ0v) is 12.5. The first-order chi connectivity index (χ1) is 9.63. The molecule has 0 aliphatic rings. The summed E-state index contributed by atoms with van der Waals surface area (Å²) in [6.07, 6.45) is 0. The van der Waals surface area contributed by atoms with Crippen molar-refractivity contribution in [3.05, 3.63) is 58.3 Å². The largest absolute Gasteiger partial charge is 0.298 e. The van der Waals surface area contributed by atoms with E-state index in [-0.39, 0.29) is 11.7 Å². The van der Waals surface area contributed by atoms with Gasteiger partial charge in [-0.1, -0.05) is 23.5 Å². The Kier molecular flexibility index (Phi) is 3.50. The van der Waals surface area contributed by atoms with Gasteiger partial charge in [-0.05, 0) is 46.3 Å². The summed E-state index contributed by atoms with van der Waals surface area (Å²) in [4.78, 5) is 16.4. The van der Waals surface area contributed by atoms with Crippen LogP contribution in [0.5, 0.6) is 0 Å². The first-order valence-corrected chi connectivity index (χ1v) is 7.36. The zero-order chi connectivity index (χ0) is 14.1. The lowest BCUT2D eigenvalue weighted by Gasteiger charge is -2.03. The summed E-state index contributed by atoms with van der Waals surface area (Å²) in [5.74, 6) is -0.568. The van der Waals surface area contributed by atoms with Crippen LogP contribution in [0.4, 0.5) is 9.52 Å². The number of nitrogens with zero attached hydrogens (tertiary/aromatic N) is 1. The van der Waals surface area contributed by atoms with E-state index in [1.165, 1.54) is 23.5 Å². The second kappa shape index (κ2) is 5.30. The molecule has 0 saturated carbocycles. The van der Waals surface area contributed by atoms with Crippen molar-refractivity contribution in [3.63, 3.8) is 0 Å². The number of anilines is 1. The number of thiazole rings is 1. The number of carbonyl (C=O) groups is 1. The second-order valence-corrected chi connectivity index (χ2v) is 5.95. The first kappa shape index (κ1) is 13.2. The quantitative estimate of drug-likeness (QED) is 0.741. The Morgan fingerprint density at radius 1 is 1.25 bits per heavy atom. The van der Waals surface area contributed by atoms with Crippen molar-refractivity contribution in [3.8, 4) is 0 Å². The molecule has 0 aliphatic heterocycles. The van der Waals surface area contributed by atoms with Gasteiger partial charge in [-0.2, -0.15) is 0 Å². The van der Waals surface area contributed by atoms with Crippen molar-refractivity contribution >= 4 is 48.5 Å². The van der Waals surface area contributed by atoms with Crippen LogP contribution in [0.25, 0.3) is 10.2 Å². The maximum atomic E-state index is 13.1. The molecule has 0 bridgehead atoms. The van der Waals surface area contributed by atoms with Crippen LogP contribution in [0.3, 0.4) is 0 Å². The maximum Gasteiger partial charge on any atom is 0.258 e. The fourth-order valence-electron chi connectivity index (χ4n) is 1.76. The fourth-order valence-corrected chi connectivity index (χ4v) is 3.11. The van der Waals surface area contributed by atoms with Crippen molar-refractivity contribution in [2.24, 2.45) is 0 Å². The van der Waals surface area contributed by atoms with Crippen LogP contribution in [-0.4, -0.2) is 10.9 Å². The molecule has 1 aromatic heterocycles. The SMILES string of the molecule is O=C(Nc1nc2ccc(F)cc2s1)c1ccccc1Br. The van der Waals surface area contributed by atoms with E-state index in [1.54, 1.807) is 24.3 Å². The minimum absolute atomic E-state index is 0.253. The van der Waals surface area contributed by atoms with Crippen molar-refractivity contribution in [2.75, 3.05) is 5.32 Å². The molecular weight excluding hydrogens is 343 g/mol. The predicted molar refractivity (Wildman–Crippen MR) is 81.7 cm³/mol. The monoisotopic (exact) mass is 350 g/mol. The van der Waals surface area contributed by atoms with Gasteiger partial charge in [0.15, 0.2) is 5.13 Å². The van der Waals surface area contributed by atoms with E-state index in [0.29, 0.717) is 25.4 Å². The third-order valence-electron chi connectivity index (χ3n) is 2.69. The standard InChI is InChI=1S/C14H8BrFN2OS/c15-10-4-2-1-3-9(10)13(19)18-14-17-11-6-5-8(16)7-12(11)20-14/h1-7H,(H,17,18,19). The molecule has 0 aliphatic carbocycles. The first-order valence-electron chi connectivity index (χ1n) is 5.75. The second-order valence-electron chi connectivity index (χ2n) is 4.07. The minimum Gasteiger partial charge on any atom is -0.298 e. The van der Waals surface area contributed by atoms with Gasteiger partial charge in [-0.15, -0.1) is 0 Å². The van der Waals surface area contributed by atoms with Gasteiger partial charge in [0.2, 0.25) is 0 Å². The Balaban J connectivity index is 1.89. The fraction of sp³-hybridized carbons (Fsp3) is 0. The van der Waals surface area contributed by atoms with Crippen LogP contribution in [0.1, 0.15) is 10.4 Å². The summed E-state index contributed by atoms with van der Waals surface area (Å²) in [7, 11) is 0. The summed E-state index contributed by atoms with van der Waals surface area (Å²) in [5, 5.41) is 3.17. The van der Waals surface area contributed by atoms with Gasteiger partial charge < -0.3 is 0 Å². The number of benzene rings is 2. The highest BCUT2D eigenvalue weighted by molar-refractivity contribution is 9.10. The van der Waals surface area contributed by atoms with Crippen LogP contribution >= 0.6 is 27.3 Å². The number of amides is 1. The zero-order valence-electron chi connectivity index (χ0n) is 10.1. The highest BCUT2D eigenvalue weighted by Gasteiger charge is 2.12. The average molecular weight is 351 g/mol. The normalized spacial score (nSPS) is 10.7. The van der Waals surface area contributed by atoms with Crippen LogP contribution in [0.15, 0.2) is 46.9 Å². The molecule has 3 aromatic rings. The molecule has 2 aromatic carbocycles. The van der Waals surface area contributed by atoms with Crippen LogP contribution in [-0.2, 0) is 0 Å². The number of carbonyl (C=O) groups excluding carboxylic acids is 1. The number of nitrogens with one attached hydrogen (secondary N) is 1. The Morgan fingerprint density at radius 2 is 2.05 bits per heavy atom. The number of halogens is 2. The Hall–Kier alpha value is -1.79. The van der Waals surface area contributed by atoms with E-state index < -0.39 is 0 Å². The van der Waals surface area contributed by atoms with E-state index in [0.717, 1.165) is 0 Å². The van der Waals surface area contributed by atoms with E-state index in [9.17, 15) is 9.18 Å². The third kappa shape index (κ3) is 2.57. The molecule has 3 rings (SSSR count). The van der Waals surface area contributed by atoms with Crippen LogP contribution in [0.2, 0.25) is 0 Å². The molecular formula is C14H8BrFN2OS. The maximum absolute atomic E-state index is 13.1. The molecule has 0 unspecified atom stereocenters. The van der Waals surface area contributed by atoms with Gasteiger partial charge in [0.05, 0.1) is 15.8 Å². The molecule has 0 radical (unpaired) electrons. The van der Waals surface area contributed by atoms with Gasteiger partial charge in [0.1, 0.15) is 5.82 Å². The lowest BCUT2D eigenvalue weighted by atomic mass is 10.2. The van der Waals surface area contributed by atoms with Gasteiger partial charge in [0, 0.05) is 4.47 Å². The summed E-state index contributed by atoms with van der Waals surface area (Å²) < 4.78 is 14.5. The van der Waals surface area contributed by atoms with Gasteiger partial charge in [-0.3, -0.25) is 10.1 Å². The van der Waals surface area contributed by atoms with Crippen LogP contribution in [0, 0.1) is 5.82 Å². The molecule has 100 valence electrons. The highest BCUT2D eigenvalue weighted by atomic mass is 79.9. The van der Waals surface area contributed by atoms with E-state index in [4.69, 9.17) is 0 Å². The number of rotatable bonds is 2. The average Bonchev–Trinajstić information content (AvgIpc) is 2.80. The summed E-state index contributed by atoms with van der Waals surface area (Å²) in [6, 6.07) is 11.5. The van der Waals surface area contributed by atoms with Gasteiger partial charge in [-0.25, -0.2) is 9.37 Å². The Morgan fingerprint density at radius 3 is 2.85 bits per heavy atom. The van der Waals surface area contributed by atoms with Crippen molar-refractivity contribution in [2.45, 2.75) is 0 Å². The van der Waals surface area contributed by atoms with Gasteiger partial charge in [0.25, 0.3) is 5.91 Å². The Bertz CT molecular complexity index is 803. The van der Waals surface area contributed by atoms with Crippen molar-refractivity contribution < 1.29 is 9.18 Å². The predicted octanol–water partition coefficient (Wildman–Crippen LogP) is 4.45. The smallest absolute Gasteiger partial charge is 0.258 e. The van der Waals surface area contributed by atoms with E-state index >= 15 is 0 Å². The number of aromatic nitrogens is 1. The Labute approximate surface area is 126 Å². The van der Waals surface area contributed by atoms with E-state index in [2.05, 4.69) is 26.2 Å². The molecule has 1 heterocycles. The molecule has 1 amide bonds. The number of hydrogen-bond donors (Lipinski definition) is 1. The van der Waals surface area contributed by atoms with Crippen LogP contribution < -0.4 is 5.32 Å². The lowest BCUT2D eigenvalue weighted by Crippen LogP contribution is -2.12. The molecule has 0 spiro atoms. The third-order valence-corrected chi connectivity index (χ3v) is 4.31. The van der Waals surface area contributed by atoms with Gasteiger partial charge >= 0.3 is 0 Å².